The number of aryl methyl sites for hydroxylation is 1. The van der Waals surface area contributed by atoms with E-state index in [0.29, 0.717) is 17.4 Å². The molecule has 2 saturated carbocycles. The Labute approximate surface area is 181 Å². The lowest BCUT2D eigenvalue weighted by molar-refractivity contribution is -0.160. The Hall–Kier alpha value is -2.76. The predicted molar refractivity (Wildman–Crippen MR) is 112 cm³/mol. The standard InChI is InChI=1S/C25H27NO5/c1-12(2)22(25(30)31-11-19(27)14-6-4-13(3)5-7-14)26-23(28)20-15-8-9-16(18-10-17(15)18)21(20)24(26)29/h4-9,12,15-18,20-22H,10-11H2,1-3H3/t15-,16-,17-,18-,20-,21+,22+/m1/s1. The number of ether oxygens (including phenoxy) is 1. The first-order chi connectivity index (χ1) is 14.8. The van der Waals surface area contributed by atoms with Crippen LogP contribution in [-0.2, 0) is 19.1 Å². The number of rotatable bonds is 6. The Bertz CT molecular complexity index is 958. The molecule has 0 spiro atoms. The van der Waals surface area contributed by atoms with Crippen molar-refractivity contribution in [3.63, 3.8) is 0 Å². The number of hydrogen-bond donors (Lipinski definition) is 0. The van der Waals surface area contributed by atoms with Crippen LogP contribution >= 0.6 is 0 Å². The molecule has 2 bridgehead atoms. The molecular weight excluding hydrogens is 394 g/mol. The van der Waals surface area contributed by atoms with Gasteiger partial charge in [0.05, 0.1) is 11.8 Å². The van der Waals surface area contributed by atoms with E-state index in [1.807, 2.05) is 19.1 Å². The fourth-order valence-electron chi connectivity index (χ4n) is 5.97. The Morgan fingerprint density at radius 3 is 2.06 bits per heavy atom. The molecule has 6 nitrogen and oxygen atoms in total. The number of carbonyl (C=O) groups excluding carboxylic acids is 4. The SMILES string of the molecule is Cc1ccc(C(=O)COC(=O)[C@H](C(C)C)N2C(=O)[C@@H]3[C@@H]4C=C[C@H]([C@H]5C[C@H]45)[C@@H]3C2=O)cc1. The zero-order chi connectivity index (χ0) is 22.0. The Morgan fingerprint density at radius 2 is 1.55 bits per heavy atom. The second-order valence-corrected chi connectivity index (χ2v) is 9.79. The summed E-state index contributed by atoms with van der Waals surface area (Å²) in [4.78, 5) is 53.2. The Kier molecular flexibility index (Phi) is 4.65. The molecule has 0 unspecified atom stereocenters. The largest absolute Gasteiger partial charge is 0.456 e. The van der Waals surface area contributed by atoms with E-state index in [0.717, 1.165) is 16.9 Å². The van der Waals surface area contributed by atoms with Gasteiger partial charge in [-0.25, -0.2) is 4.79 Å². The summed E-state index contributed by atoms with van der Waals surface area (Å²) in [5.41, 5.74) is 1.49. The fourth-order valence-corrected chi connectivity index (χ4v) is 5.97. The third-order valence-electron chi connectivity index (χ3n) is 7.57. The van der Waals surface area contributed by atoms with Crippen molar-refractivity contribution in [1.82, 2.24) is 4.90 Å². The van der Waals surface area contributed by atoms with E-state index in [9.17, 15) is 19.2 Å². The normalized spacial score (nSPS) is 33.4. The second-order valence-electron chi connectivity index (χ2n) is 9.79. The molecule has 2 amide bonds. The van der Waals surface area contributed by atoms with E-state index in [4.69, 9.17) is 4.74 Å². The van der Waals surface area contributed by atoms with Crippen LogP contribution in [0.4, 0.5) is 0 Å². The smallest absolute Gasteiger partial charge is 0.330 e. The Balaban J connectivity index is 1.32. The number of carbonyl (C=O) groups is 4. The molecule has 6 heteroatoms. The molecular formula is C25H27NO5. The number of Topliss-reactive ketones (excluding diaryl/α,β-unsaturated/α-hetero) is 1. The number of benzene rings is 1. The molecule has 31 heavy (non-hydrogen) atoms. The van der Waals surface area contributed by atoms with Gasteiger partial charge in [0.2, 0.25) is 11.8 Å². The first-order valence-corrected chi connectivity index (χ1v) is 11.1. The number of likely N-dealkylation sites (tertiary alicyclic amines) is 1. The maximum Gasteiger partial charge on any atom is 0.330 e. The van der Waals surface area contributed by atoms with Gasteiger partial charge in [0.25, 0.3) is 0 Å². The van der Waals surface area contributed by atoms with Crippen molar-refractivity contribution in [3.8, 4) is 0 Å². The van der Waals surface area contributed by atoms with Gasteiger partial charge in [-0.05, 0) is 42.9 Å². The number of ketones is 1. The molecule has 1 aliphatic heterocycles. The van der Waals surface area contributed by atoms with Crippen LogP contribution < -0.4 is 0 Å². The Morgan fingerprint density at radius 1 is 1.00 bits per heavy atom. The van der Waals surface area contributed by atoms with Crippen LogP contribution in [0.25, 0.3) is 0 Å². The maximum absolute atomic E-state index is 13.3. The third-order valence-corrected chi connectivity index (χ3v) is 7.57. The highest BCUT2D eigenvalue weighted by Crippen LogP contribution is 2.65. The minimum atomic E-state index is -1.01. The molecule has 3 fully saturated rings. The lowest BCUT2D eigenvalue weighted by Gasteiger charge is -2.37. The molecule has 0 N–H and O–H groups in total. The fraction of sp³-hybridized carbons (Fsp3) is 0.520. The average molecular weight is 421 g/mol. The molecule has 1 aromatic rings. The molecule has 1 aromatic carbocycles. The number of esters is 1. The van der Waals surface area contributed by atoms with Crippen molar-refractivity contribution in [3.05, 3.63) is 47.5 Å². The second kappa shape index (κ2) is 7.14. The highest BCUT2D eigenvalue weighted by Gasteiger charge is 2.68. The highest BCUT2D eigenvalue weighted by atomic mass is 16.5. The summed E-state index contributed by atoms with van der Waals surface area (Å²) in [5.74, 6) is -1.30. The third kappa shape index (κ3) is 3.07. The topological polar surface area (TPSA) is 80.8 Å². The lowest BCUT2D eigenvalue weighted by atomic mass is 9.63. The molecule has 6 rings (SSSR count). The quantitative estimate of drug-likeness (QED) is 0.305. The van der Waals surface area contributed by atoms with Crippen LogP contribution in [0, 0.1) is 48.3 Å². The van der Waals surface area contributed by atoms with E-state index < -0.39 is 18.6 Å². The van der Waals surface area contributed by atoms with E-state index in [-0.39, 0.29) is 47.2 Å². The summed E-state index contributed by atoms with van der Waals surface area (Å²) < 4.78 is 5.32. The van der Waals surface area contributed by atoms with Crippen LogP contribution in [0.1, 0.15) is 36.2 Å². The molecule has 5 aliphatic rings. The molecule has 1 saturated heterocycles. The highest BCUT2D eigenvalue weighted by molar-refractivity contribution is 6.09. The van der Waals surface area contributed by atoms with E-state index in [1.165, 1.54) is 0 Å². The van der Waals surface area contributed by atoms with Gasteiger partial charge in [-0.3, -0.25) is 19.3 Å². The summed E-state index contributed by atoms with van der Waals surface area (Å²) in [6.45, 7) is 5.10. The first kappa shape index (κ1) is 20.2. The van der Waals surface area contributed by atoms with E-state index >= 15 is 0 Å². The summed E-state index contributed by atoms with van der Waals surface area (Å²) in [7, 11) is 0. The van der Waals surface area contributed by atoms with Gasteiger partial charge in [-0.15, -0.1) is 0 Å². The van der Waals surface area contributed by atoms with E-state index in [2.05, 4.69) is 12.2 Å². The molecule has 1 heterocycles. The summed E-state index contributed by atoms with van der Waals surface area (Å²) in [6.07, 6.45) is 5.31. The van der Waals surface area contributed by atoms with Gasteiger partial charge in [-0.1, -0.05) is 55.8 Å². The van der Waals surface area contributed by atoms with Gasteiger partial charge in [0, 0.05) is 5.56 Å². The summed E-state index contributed by atoms with van der Waals surface area (Å²) >= 11 is 0. The van der Waals surface area contributed by atoms with Crippen LogP contribution in [0.5, 0.6) is 0 Å². The number of hydrogen-bond acceptors (Lipinski definition) is 5. The van der Waals surface area contributed by atoms with Crippen molar-refractivity contribution in [1.29, 1.82) is 0 Å². The maximum atomic E-state index is 13.3. The molecule has 162 valence electrons. The van der Waals surface area contributed by atoms with Crippen molar-refractivity contribution >= 4 is 23.6 Å². The zero-order valence-corrected chi connectivity index (χ0v) is 18.0. The van der Waals surface area contributed by atoms with Crippen molar-refractivity contribution in [2.24, 2.45) is 41.4 Å². The molecule has 0 radical (unpaired) electrons. The van der Waals surface area contributed by atoms with Gasteiger partial charge >= 0.3 is 5.97 Å². The number of nitrogens with zero attached hydrogens (tertiary/aromatic N) is 1. The average Bonchev–Trinajstić information content (AvgIpc) is 3.53. The minimum absolute atomic E-state index is 0.105. The molecule has 7 atom stereocenters. The number of amides is 2. The minimum Gasteiger partial charge on any atom is -0.456 e. The monoisotopic (exact) mass is 421 g/mol. The van der Waals surface area contributed by atoms with Gasteiger partial charge < -0.3 is 4.74 Å². The van der Waals surface area contributed by atoms with E-state index in [1.54, 1.807) is 26.0 Å². The van der Waals surface area contributed by atoms with Gasteiger partial charge in [0.15, 0.2) is 12.4 Å². The lowest BCUT2D eigenvalue weighted by Crippen LogP contribution is -2.49. The zero-order valence-electron chi connectivity index (χ0n) is 18.0. The first-order valence-electron chi connectivity index (χ1n) is 11.1. The predicted octanol–water partition coefficient (Wildman–Crippen LogP) is 2.80. The summed E-state index contributed by atoms with van der Waals surface area (Å²) in [6, 6.07) is 6.02. The van der Waals surface area contributed by atoms with Crippen molar-refractivity contribution < 1.29 is 23.9 Å². The van der Waals surface area contributed by atoms with Crippen molar-refractivity contribution in [2.45, 2.75) is 33.2 Å². The molecule has 0 aromatic heterocycles. The molecule has 4 aliphatic carbocycles. The van der Waals surface area contributed by atoms with Gasteiger partial charge in [0.1, 0.15) is 6.04 Å². The van der Waals surface area contributed by atoms with Crippen LogP contribution in [0.3, 0.4) is 0 Å². The van der Waals surface area contributed by atoms with Crippen LogP contribution in [-0.4, -0.2) is 41.1 Å². The van der Waals surface area contributed by atoms with Crippen LogP contribution in [0.2, 0.25) is 0 Å². The van der Waals surface area contributed by atoms with Gasteiger partial charge in [-0.2, -0.15) is 0 Å². The van der Waals surface area contributed by atoms with Crippen LogP contribution in [0.15, 0.2) is 36.4 Å². The number of imide groups is 1. The van der Waals surface area contributed by atoms with Crippen molar-refractivity contribution in [2.75, 3.05) is 6.61 Å². The number of allylic oxidation sites excluding steroid dienone is 2. The summed E-state index contributed by atoms with van der Waals surface area (Å²) in [5, 5.41) is 0.